The molecule has 0 atom stereocenters. The summed E-state index contributed by atoms with van der Waals surface area (Å²) in [5.41, 5.74) is -0.729. The van der Waals surface area contributed by atoms with Gasteiger partial charge in [0.05, 0.1) is 19.2 Å². The zero-order valence-electron chi connectivity index (χ0n) is 14.6. The summed E-state index contributed by atoms with van der Waals surface area (Å²) in [6.07, 6.45) is -0.491. The number of carbonyl (C=O) groups excluding carboxylic acids is 2. The molecule has 0 aliphatic heterocycles. The lowest BCUT2D eigenvalue weighted by atomic mass is 10.1. The van der Waals surface area contributed by atoms with Crippen molar-refractivity contribution in [1.82, 2.24) is 5.32 Å². The lowest BCUT2D eigenvalue weighted by molar-refractivity contribution is 0.0442. The molecule has 1 amide bonds. The Labute approximate surface area is 137 Å². The van der Waals surface area contributed by atoms with Crippen LogP contribution in [-0.2, 0) is 9.47 Å². The van der Waals surface area contributed by atoms with Gasteiger partial charge in [-0.2, -0.15) is 0 Å². The van der Waals surface area contributed by atoms with Crippen molar-refractivity contribution in [2.24, 2.45) is 0 Å². The van der Waals surface area contributed by atoms with Gasteiger partial charge < -0.3 is 19.5 Å². The van der Waals surface area contributed by atoms with Gasteiger partial charge in [-0.15, -0.1) is 0 Å². The van der Waals surface area contributed by atoms with E-state index in [1.165, 1.54) is 7.11 Å². The molecular weight excluding hydrogens is 298 g/mol. The molecule has 0 aromatic heterocycles. The summed E-state index contributed by atoms with van der Waals surface area (Å²) in [6.45, 7) is 9.38. The van der Waals surface area contributed by atoms with Crippen LogP contribution in [0.3, 0.4) is 0 Å². The minimum Gasteiger partial charge on any atom is -0.486 e. The molecule has 0 bridgehead atoms. The number of methoxy groups -OCH3 is 1. The van der Waals surface area contributed by atoms with Gasteiger partial charge in [0.1, 0.15) is 17.0 Å². The Balaban J connectivity index is 2.57. The zero-order valence-corrected chi connectivity index (χ0v) is 14.6. The normalized spacial score (nSPS) is 11.6. The summed E-state index contributed by atoms with van der Waals surface area (Å²) < 4.78 is 15.6. The van der Waals surface area contributed by atoms with Crippen molar-refractivity contribution in [1.29, 1.82) is 0 Å². The molecule has 0 aliphatic rings. The molecule has 1 rings (SSSR count). The molecular formula is C17H25NO5. The first-order valence-electron chi connectivity index (χ1n) is 7.37. The summed E-state index contributed by atoms with van der Waals surface area (Å²) >= 11 is 0. The molecule has 6 heteroatoms. The Morgan fingerprint density at radius 2 is 1.61 bits per heavy atom. The average Bonchev–Trinajstić information content (AvgIpc) is 2.43. The third kappa shape index (κ3) is 7.04. The van der Waals surface area contributed by atoms with Gasteiger partial charge in [0.2, 0.25) is 0 Å². The fraction of sp³-hybridized carbons (Fsp3) is 0.529. The van der Waals surface area contributed by atoms with Gasteiger partial charge in [0.15, 0.2) is 0 Å². The number of hydrogen-bond donors (Lipinski definition) is 1. The van der Waals surface area contributed by atoms with E-state index in [1.54, 1.807) is 45.0 Å². The second-order valence-electron chi connectivity index (χ2n) is 6.73. The van der Waals surface area contributed by atoms with E-state index in [4.69, 9.17) is 9.47 Å². The molecule has 1 aromatic carbocycles. The van der Waals surface area contributed by atoms with Crippen molar-refractivity contribution < 1.29 is 23.8 Å². The minimum absolute atomic E-state index is 0.278. The zero-order chi connectivity index (χ0) is 17.7. The van der Waals surface area contributed by atoms with Crippen LogP contribution in [0.5, 0.6) is 5.75 Å². The smallest absolute Gasteiger partial charge is 0.407 e. The maximum atomic E-state index is 11.7. The molecule has 0 fully saturated rings. The highest BCUT2D eigenvalue weighted by molar-refractivity contribution is 5.89. The number of nitrogens with one attached hydrogen (secondary N) is 1. The summed E-state index contributed by atoms with van der Waals surface area (Å²) in [7, 11) is 1.33. The summed E-state index contributed by atoms with van der Waals surface area (Å²) in [5.74, 6) is 0.191. The molecule has 0 saturated heterocycles. The maximum Gasteiger partial charge on any atom is 0.407 e. The number of benzene rings is 1. The Hall–Kier alpha value is -2.24. The molecule has 1 aromatic rings. The number of esters is 1. The Morgan fingerprint density at radius 3 is 2.09 bits per heavy atom. The summed E-state index contributed by atoms with van der Waals surface area (Å²) in [5, 5.41) is 2.68. The number of rotatable bonds is 5. The highest BCUT2D eigenvalue weighted by atomic mass is 16.6. The van der Waals surface area contributed by atoms with Gasteiger partial charge in [0, 0.05) is 0 Å². The van der Waals surface area contributed by atoms with Gasteiger partial charge >= 0.3 is 12.1 Å². The molecule has 23 heavy (non-hydrogen) atoms. The molecule has 6 nitrogen and oxygen atoms in total. The van der Waals surface area contributed by atoms with E-state index in [9.17, 15) is 9.59 Å². The highest BCUT2D eigenvalue weighted by Gasteiger charge is 2.23. The van der Waals surface area contributed by atoms with E-state index >= 15 is 0 Å². The lowest BCUT2D eigenvalue weighted by Gasteiger charge is -2.28. The van der Waals surface area contributed by atoms with Crippen LogP contribution in [0.25, 0.3) is 0 Å². The predicted octanol–water partition coefficient (Wildman–Crippen LogP) is 3.16. The molecule has 0 spiro atoms. The average molecular weight is 323 g/mol. The maximum absolute atomic E-state index is 11.7. The van der Waals surface area contributed by atoms with Crippen molar-refractivity contribution >= 4 is 12.1 Å². The van der Waals surface area contributed by atoms with Crippen LogP contribution in [0.15, 0.2) is 24.3 Å². The molecule has 0 aliphatic carbocycles. The Bertz CT molecular complexity index is 543. The molecule has 0 unspecified atom stereocenters. The molecule has 0 saturated carbocycles. The van der Waals surface area contributed by atoms with Gasteiger partial charge in [-0.05, 0) is 58.9 Å². The van der Waals surface area contributed by atoms with E-state index in [-0.39, 0.29) is 6.54 Å². The van der Waals surface area contributed by atoms with E-state index < -0.39 is 23.3 Å². The van der Waals surface area contributed by atoms with Crippen molar-refractivity contribution in [3.63, 3.8) is 0 Å². The van der Waals surface area contributed by atoms with E-state index in [0.29, 0.717) is 11.3 Å². The molecule has 128 valence electrons. The molecule has 1 N–H and O–H groups in total. The standard InChI is InChI=1S/C17H25NO5/c1-16(2,3)23-15(20)18-11-17(4,5)22-13-9-7-12(8-10-13)14(19)21-6/h7-10H,11H2,1-6H3,(H,18,20). The van der Waals surface area contributed by atoms with Crippen molar-refractivity contribution in [2.75, 3.05) is 13.7 Å². The highest BCUT2D eigenvalue weighted by Crippen LogP contribution is 2.19. The number of hydrogen-bond acceptors (Lipinski definition) is 5. The van der Waals surface area contributed by atoms with Crippen molar-refractivity contribution in [3.05, 3.63) is 29.8 Å². The molecule has 0 radical (unpaired) electrons. The second-order valence-corrected chi connectivity index (χ2v) is 6.73. The van der Waals surface area contributed by atoms with Crippen LogP contribution in [0, 0.1) is 0 Å². The summed E-state index contributed by atoms with van der Waals surface area (Å²) in [4.78, 5) is 23.0. The first-order chi connectivity index (χ1) is 10.5. The number of amides is 1. The van der Waals surface area contributed by atoms with Crippen LogP contribution in [-0.4, -0.2) is 36.9 Å². The first-order valence-corrected chi connectivity index (χ1v) is 7.37. The fourth-order valence-electron chi connectivity index (χ4n) is 1.73. The van der Waals surface area contributed by atoms with Crippen LogP contribution in [0.4, 0.5) is 4.79 Å². The van der Waals surface area contributed by atoms with E-state index in [0.717, 1.165) is 0 Å². The first kappa shape index (κ1) is 18.8. The fourth-order valence-corrected chi connectivity index (χ4v) is 1.73. The minimum atomic E-state index is -0.635. The van der Waals surface area contributed by atoms with Gasteiger partial charge in [0.25, 0.3) is 0 Å². The van der Waals surface area contributed by atoms with Gasteiger partial charge in [-0.3, -0.25) is 0 Å². The third-order valence-electron chi connectivity index (χ3n) is 2.73. The monoisotopic (exact) mass is 323 g/mol. The van der Waals surface area contributed by atoms with E-state index in [1.807, 2.05) is 13.8 Å². The third-order valence-corrected chi connectivity index (χ3v) is 2.73. The lowest BCUT2D eigenvalue weighted by Crippen LogP contribution is -2.44. The molecule has 0 heterocycles. The van der Waals surface area contributed by atoms with Crippen LogP contribution in [0.1, 0.15) is 45.0 Å². The van der Waals surface area contributed by atoms with Crippen LogP contribution in [0.2, 0.25) is 0 Å². The second kappa shape index (κ2) is 7.35. The largest absolute Gasteiger partial charge is 0.486 e. The Kier molecular flexibility index (Phi) is 6.01. The van der Waals surface area contributed by atoms with Gasteiger partial charge in [-0.1, -0.05) is 0 Å². The van der Waals surface area contributed by atoms with Crippen LogP contribution < -0.4 is 10.1 Å². The topological polar surface area (TPSA) is 73.9 Å². The predicted molar refractivity (Wildman–Crippen MR) is 86.7 cm³/mol. The number of carbonyl (C=O) groups is 2. The summed E-state index contributed by atoms with van der Waals surface area (Å²) in [6, 6.07) is 6.61. The number of ether oxygens (including phenoxy) is 3. The van der Waals surface area contributed by atoms with Gasteiger partial charge in [-0.25, -0.2) is 9.59 Å². The van der Waals surface area contributed by atoms with E-state index in [2.05, 4.69) is 10.1 Å². The Morgan fingerprint density at radius 1 is 1.04 bits per heavy atom. The quantitative estimate of drug-likeness (QED) is 0.843. The number of alkyl carbamates (subject to hydrolysis) is 1. The van der Waals surface area contributed by atoms with Crippen molar-refractivity contribution in [2.45, 2.75) is 45.8 Å². The SMILES string of the molecule is COC(=O)c1ccc(OC(C)(C)CNC(=O)OC(C)(C)C)cc1. The van der Waals surface area contributed by atoms with Crippen molar-refractivity contribution in [3.8, 4) is 5.75 Å². The van der Waals surface area contributed by atoms with Crippen LogP contribution >= 0.6 is 0 Å².